The molecule has 0 saturated carbocycles. The van der Waals surface area contributed by atoms with Crippen LogP contribution in [-0.2, 0) is 19.9 Å². The Morgan fingerprint density at radius 1 is 1.14 bits per heavy atom. The van der Waals surface area contributed by atoms with Gasteiger partial charge in [0.15, 0.2) is 0 Å². The van der Waals surface area contributed by atoms with Gasteiger partial charge in [-0.05, 0) is 76.6 Å². The van der Waals surface area contributed by atoms with Crippen molar-refractivity contribution in [1.29, 1.82) is 0 Å². The van der Waals surface area contributed by atoms with Gasteiger partial charge in [0.05, 0.1) is 17.4 Å². The number of piperidine rings is 1. The average molecular weight is 497 g/mol. The van der Waals surface area contributed by atoms with Crippen molar-refractivity contribution >= 4 is 35.2 Å². The van der Waals surface area contributed by atoms with E-state index in [2.05, 4.69) is 32.8 Å². The van der Waals surface area contributed by atoms with E-state index in [0.717, 1.165) is 24.2 Å². The molecule has 1 saturated heterocycles. The van der Waals surface area contributed by atoms with Crippen LogP contribution >= 0.6 is 0 Å². The number of aryl methyl sites for hydroxylation is 1. The molecule has 3 amide bonds. The molecule has 0 aliphatic carbocycles. The van der Waals surface area contributed by atoms with E-state index < -0.39 is 29.0 Å². The van der Waals surface area contributed by atoms with Crippen LogP contribution in [0.2, 0.25) is 0 Å². The quantitative estimate of drug-likeness (QED) is 0.539. The third-order valence-electron chi connectivity index (χ3n) is 6.25. The van der Waals surface area contributed by atoms with Crippen LogP contribution in [0.25, 0.3) is 0 Å². The van der Waals surface area contributed by atoms with Gasteiger partial charge in [-0.2, -0.15) is 0 Å². The van der Waals surface area contributed by atoms with Gasteiger partial charge in [0, 0.05) is 19.8 Å². The van der Waals surface area contributed by atoms with Gasteiger partial charge in [0.25, 0.3) is 0 Å². The summed E-state index contributed by atoms with van der Waals surface area (Å²) in [6.45, 7) is 11.6. The monoisotopic (exact) mass is 496 g/mol. The minimum Gasteiger partial charge on any atom is -0.444 e. The Morgan fingerprint density at radius 3 is 2.44 bits per heavy atom. The fourth-order valence-corrected chi connectivity index (χ4v) is 4.22. The Bertz CT molecular complexity index is 1130. The molecule has 1 unspecified atom stereocenters. The van der Waals surface area contributed by atoms with Crippen LogP contribution in [-0.4, -0.2) is 52.0 Å². The highest BCUT2D eigenvalue weighted by molar-refractivity contribution is 6.39. The van der Waals surface area contributed by atoms with Crippen LogP contribution in [0.5, 0.6) is 0 Å². The predicted octanol–water partition coefficient (Wildman–Crippen LogP) is 4.29. The third kappa shape index (κ3) is 6.30. The number of hydrogen-bond acceptors (Lipinski definition) is 7. The summed E-state index contributed by atoms with van der Waals surface area (Å²) in [5.41, 5.74) is 0.544. The Hall–Kier alpha value is -3.69. The number of nitrogens with zero attached hydrogens (tertiary/aromatic N) is 3. The van der Waals surface area contributed by atoms with Gasteiger partial charge in [-0.3, -0.25) is 14.9 Å². The molecule has 1 aliphatic rings. The summed E-state index contributed by atoms with van der Waals surface area (Å²) < 4.78 is 5.25. The van der Waals surface area contributed by atoms with Crippen LogP contribution in [0.3, 0.4) is 0 Å². The zero-order valence-electron chi connectivity index (χ0n) is 22.1. The summed E-state index contributed by atoms with van der Waals surface area (Å²) in [6, 6.07) is 5.45. The summed E-state index contributed by atoms with van der Waals surface area (Å²) in [6.07, 6.45) is 4.18. The molecule has 2 atom stereocenters. The molecule has 3 rings (SSSR count). The summed E-state index contributed by atoms with van der Waals surface area (Å²) >= 11 is 0. The molecule has 10 nitrogen and oxygen atoms in total. The van der Waals surface area contributed by atoms with Gasteiger partial charge in [0.2, 0.25) is 0 Å². The van der Waals surface area contributed by atoms with E-state index >= 15 is 0 Å². The van der Waals surface area contributed by atoms with Crippen molar-refractivity contribution in [3.63, 3.8) is 0 Å². The van der Waals surface area contributed by atoms with E-state index in [4.69, 9.17) is 4.74 Å². The Labute approximate surface area is 212 Å². The van der Waals surface area contributed by atoms with Gasteiger partial charge in [-0.15, -0.1) is 0 Å². The zero-order chi connectivity index (χ0) is 26.7. The molecule has 3 N–H and O–H groups in total. The molecule has 2 aromatic rings. The molecule has 1 fully saturated rings. The molecular formula is C26H36N6O4. The van der Waals surface area contributed by atoms with E-state index in [9.17, 15) is 14.4 Å². The maximum absolute atomic E-state index is 13.4. The van der Waals surface area contributed by atoms with Crippen molar-refractivity contribution in [2.24, 2.45) is 5.92 Å². The Kier molecular flexibility index (Phi) is 7.86. The van der Waals surface area contributed by atoms with Gasteiger partial charge in [-0.1, -0.05) is 13.0 Å². The van der Waals surface area contributed by atoms with Crippen molar-refractivity contribution in [3.8, 4) is 0 Å². The second-order valence-corrected chi connectivity index (χ2v) is 10.5. The van der Waals surface area contributed by atoms with Crippen LogP contribution in [0, 0.1) is 12.8 Å². The van der Waals surface area contributed by atoms with Crippen LogP contribution < -0.4 is 16.0 Å². The van der Waals surface area contributed by atoms with Gasteiger partial charge >= 0.3 is 17.9 Å². The lowest BCUT2D eigenvalue weighted by molar-refractivity contribution is -0.150. The number of carbonyl (C=O) groups is 3. The maximum atomic E-state index is 13.4. The lowest BCUT2D eigenvalue weighted by atomic mass is 9.79. The Morgan fingerprint density at radius 2 is 1.86 bits per heavy atom. The average Bonchev–Trinajstić information content (AvgIpc) is 2.81. The van der Waals surface area contributed by atoms with E-state index in [0.29, 0.717) is 23.6 Å². The standard InChI is InChI=1S/C26H36N6O4/c1-16-10-11-26(6,18-8-9-20(27-7)28-13-18)32(15-16)23(34)22(33)30-19-12-17(2)21(29-14-19)31-24(35)36-25(3,4)5/h8-9,12-14,16H,10-11,15H2,1-7H3,(H,27,28)(H,30,33)(H,29,31,35)/t16-,26?/m0/s1. The molecule has 194 valence electrons. The highest BCUT2D eigenvalue weighted by atomic mass is 16.6. The molecule has 0 radical (unpaired) electrons. The van der Waals surface area contributed by atoms with Crippen molar-refractivity contribution in [3.05, 3.63) is 41.7 Å². The summed E-state index contributed by atoms with van der Waals surface area (Å²) in [5.74, 6) is -0.0563. The second kappa shape index (κ2) is 10.5. The minimum absolute atomic E-state index is 0.265. The first-order chi connectivity index (χ1) is 16.8. The lowest BCUT2D eigenvalue weighted by Crippen LogP contribution is -2.55. The molecule has 3 heterocycles. The van der Waals surface area contributed by atoms with Crippen LogP contribution in [0.1, 0.15) is 58.6 Å². The number of amides is 3. The van der Waals surface area contributed by atoms with Gasteiger partial charge in [0.1, 0.15) is 17.2 Å². The molecule has 1 aliphatic heterocycles. The zero-order valence-corrected chi connectivity index (χ0v) is 22.1. The fraction of sp³-hybridized carbons (Fsp3) is 0.500. The predicted molar refractivity (Wildman–Crippen MR) is 139 cm³/mol. The largest absolute Gasteiger partial charge is 0.444 e. The number of aromatic nitrogens is 2. The number of hydrogen-bond donors (Lipinski definition) is 3. The molecule has 2 aromatic heterocycles. The van der Waals surface area contributed by atoms with Crippen molar-refractivity contribution in [2.75, 3.05) is 29.5 Å². The van der Waals surface area contributed by atoms with Crippen LogP contribution in [0.15, 0.2) is 30.6 Å². The highest BCUT2D eigenvalue weighted by Gasteiger charge is 2.43. The van der Waals surface area contributed by atoms with E-state index in [1.165, 1.54) is 6.20 Å². The number of ether oxygens (including phenoxy) is 1. The molecular weight excluding hydrogens is 460 g/mol. The minimum atomic E-state index is -0.746. The first-order valence-electron chi connectivity index (χ1n) is 12.1. The van der Waals surface area contributed by atoms with Crippen molar-refractivity contribution < 1.29 is 19.1 Å². The number of likely N-dealkylation sites (tertiary alicyclic amines) is 1. The normalized spacial score (nSPS) is 19.9. The first kappa shape index (κ1) is 26.9. The molecule has 0 aromatic carbocycles. The number of nitrogens with one attached hydrogen (secondary N) is 3. The van der Waals surface area contributed by atoms with Gasteiger partial charge < -0.3 is 20.3 Å². The number of rotatable bonds is 4. The van der Waals surface area contributed by atoms with E-state index in [-0.39, 0.29) is 5.92 Å². The first-order valence-corrected chi connectivity index (χ1v) is 12.1. The lowest BCUT2D eigenvalue weighted by Gasteiger charge is -2.46. The number of carbonyl (C=O) groups excluding carboxylic acids is 3. The van der Waals surface area contributed by atoms with Crippen LogP contribution in [0.4, 0.5) is 22.1 Å². The second-order valence-electron chi connectivity index (χ2n) is 10.5. The summed E-state index contributed by atoms with van der Waals surface area (Å²) in [4.78, 5) is 48.7. The number of pyridine rings is 2. The van der Waals surface area contributed by atoms with Crippen molar-refractivity contribution in [2.45, 2.75) is 65.5 Å². The summed E-state index contributed by atoms with van der Waals surface area (Å²) in [5, 5.41) is 8.24. The summed E-state index contributed by atoms with van der Waals surface area (Å²) in [7, 11) is 1.79. The highest BCUT2D eigenvalue weighted by Crippen LogP contribution is 2.39. The third-order valence-corrected chi connectivity index (χ3v) is 6.25. The Balaban J connectivity index is 1.75. The van der Waals surface area contributed by atoms with Gasteiger partial charge in [-0.25, -0.2) is 14.8 Å². The van der Waals surface area contributed by atoms with Crippen molar-refractivity contribution in [1.82, 2.24) is 14.9 Å². The topological polar surface area (TPSA) is 126 Å². The fourth-order valence-electron chi connectivity index (χ4n) is 4.22. The SMILES string of the molecule is CNc1ccc(C2(C)CC[C@H](C)CN2C(=O)C(=O)Nc2cnc(NC(=O)OC(C)(C)C)c(C)c2)cn1. The van der Waals surface area contributed by atoms with E-state index in [1.54, 1.807) is 51.9 Å². The number of anilines is 3. The van der Waals surface area contributed by atoms with E-state index in [1.807, 2.05) is 19.1 Å². The molecule has 0 spiro atoms. The maximum Gasteiger partial charge on any atom is 0.413 e. The smallest absolute Gasteiger partial charge is 0.413 e. The molecule has 0 bridgehead atoms. The molecule has 36 heavy (non-hydrogen) atoms. The molecule has 10 heteroatoms.